The molecular weight excluding hydrogens is 387 g/mol. The highest BCUT2D eigenvalue weighted by Gasteiger charge is 2.30. The number of alkyl halides is 3. The highest BCUT2D eigenvalue weighted by atomic mass is 35.5. The zero-order valence-corrected chi connectivity index (χ0v) is 14.9. The Hall–Kier alpha value is -2.74. The lowest BCUT2D eigenvalue weighted by atomic mass is 10.2. The van der Waals surface area contributed by atoms with E-state index in [-0.39, 0.29) is 5.75 Å². The molecule has 1 N–H and O–H groups in total. The Morgan fingerprint density at radius 2 is 1.85 bits per heavy atom. The lowest BCUT2D eigenvalue weighted by Crippen LogP contribution is -2.23. The number of carbonyl (C=O) groups is 2. The molecule has 9 heteroatoms. The molecule has 27 heavy (non-hydrogen) atoms. The fraction of sp³-hybridized carbons (Fsp3) is 0.222. The Morgan fingerprint density at radius 3 is 2.52 bits per heavy atom. The minimum atomic E-state index is -4.52. The zero-order valence-electron chi connectivity index (χ0n) is 14.1. The van der Waals surface area contributed by atoms with E-state index in [0.717, 1.165) is 23.8 Å². The van der Waals surface area contributed by atoms with E-state index in [1.165, 1.54) is 6.07 Å². The minimum absolute atomic E-state index is 0.141. The number of esters is 1. The number of halogens is 4. The van der Waals surface area contributed by atoms with Gasteiger partial charge in [-0.05, 0) is 42.8 Å². The third kappa shape index (κ3) is 6.49. The molecule has 2 aromatic carbocycles. The van der Waals surface area contributed by atoms with Crippen molar-refractivity contribution in [1.29, 1.82) is 0 Å². The average Bonchev–Trinajstić information content (AvgIpc) is 2.60. The molecule has 0 aliphatic heterocycles. The van der Waals surface area contributed by atoms with E-state index < -0.39 is 36.8 Å². The van der Waals surface area contributed by atoms with Gasteiger partial charge >= 0.3 is 12.1 Å². The zero-order chi connectivity index (χ0) is 20.0. The van der Waals surface area contributed by atoms with Gasteiger partial charge in [-0.15, -0.1) is 0 Å². The monoisotopic (exact) mass is 401 g/mol. The Morgan fingerprint density at radius 1 is 1.11 bits per heavy atom. The van der Waals surface area contributed by atoms with Crippen molar-refractivity contribution in [2.45, 2.75) is 13.1 Å². The van der Waals surface area contributed by atoms with Crippen LogP contribution in [0.25, 0.3) is 0 Å². The quantitative estimate of drug-likeness (QED) is 0.736. The van der Waals surface area contributed by atoms with Gasteiger partial charge in [0.1, 0.15) is 5.75 Å². The topological polar surface area (TPSA) is 64.6 Å². The Balaban J connectivity index is 1.80. The number of nitrogens with one attached hydrogen (secondary N) is 1. The van der Waals surface area contributed by atoms with Gasteiger partial charge < -0.3 is 14.8 Å². The van der Waals surface area contributed by atoms with Crippen LogP contribution in [0.4, 0.5) is 18.9 Å². The van der Waals surface area contributed by atoms with E-state index in [4.69, 9.17) is 21.1 Å². The molecule has 0 aliphatic rings. The fourth-order valence-electron chi connectivity index (χ4n) is 2.00. The summed E-state index contributed by atoms with van der Waals surface area (Å²) < 4.78 is 47.5. The van der Waals surface area contributed by atoms with Crippen LogP contribution in [0.3, 0.4) is 0 Å². The number of benzene rings is 2. The number of ether oxygens (including phenoxy) is 2. The van der Waals surface area contributed by atoms with Gasteiger partial charge in [-0.2, -0.15) is 13.2 Å². The number of amides is 1. The van der Waals surface area contributed by atoms with E-state index in [9.17, 15) is 22.8 Å². The van der Waals surface area contributed by atoms with Gasteiger partial charge in [0.05, 0.1) is 16.3 Å². The van der Waals surface area contributed by atoms with Gasteiger partial charge in [0.2, 0.25) is 0 Å². The first kappa shape index (κ1) is 20.6. The second-order valence-electron chi connectivity index (χ2n) is 5.51. The average molecular weight is 402 g/mol. The summed E-state index contributed by atoms with van der Waals surface area (Å²) in [4.78, 5) is 23.4. The van der Waals surface area contributed by atoms with Crippen molar-refractivity contribution in [3.05, 3.63) is 58.6 Å². The molecule has 0 unspecified atom stereocenters. The van der Waals surface area contributed by atoms with Crippen LogP contribution in [0, 0.1) is 6.92 Å². The number of aryl methyl sites for hydroxylation is 1. The van der Waals surface area contributed by atoms with Gasteiger partial charge in [-0.3, -0.25) is 4.79 Å². The van der Waals surface area contributed by atoms with Gasteiger partial charge in [-0.25, -0.2) is 4.79 Å². The van der Waals surface area contributed by atoms with Crippen LogP contribution in [-0.2, 0) is 20.5 Å². The Kier molecular flexibility index (Phi) is 6.68. The van der Waals surface area contributed by atoms with Crippen LogP contribution < -0.4 is 10.1 Å². The predicted molar refractivity (Wildman–Crippen MR) is 92.7 cm³/mol. The van der Waals surface area contributed by atoms with Gasteiger partial charge in [-0.1, -0.05) is 23.7 Å². The molecular formula is C18H15ClF3NO4. The van der Waals surface area contributed by atoms with E-state index in [0.29, 0.717) is 10.7 Å². The first-order chi connectivity index (χ1) is 12.6. The van der Waals surface area contributed by atoms with E-state index in [1.807, 2.05) is 6.92 Å². The third-order valence-corrected chi connectivity index (χ3v) is 3.59. The molecule has 2 rings (SSSR count). The van der Waals surface area contributed by atoms with Crippen LogP contribution in [0.15, 0.2) is 42.5 Å². The normalized spacial score (nSPS) is 11.0. The smallest absolute Gasteiger partial charge is 0.416 e. The van der Waals surface area contributed by atoms with E-state index >= 15 is 0 Å². The van der Waals surface area contributed by atoms with Crippen molar-refractivity contribution >= 4 is 29.2 Å². The molecule has 0 aliphatic carbocycles. The summed E-state index contributed by atoms with van der Waals surface area (Å²) in [5.74, 6) is -1.66. The van der Waals surface area contributed by atoms with Crippen molar-refractivity contribution in [2.24, 2.45) is 0 Å². The number of hydrogen-bond donors (Lipinski definition) is 1. The van der Waals surface area contributed by atoms with Crippen molar-refractivity contribution < 1.29 is 32.2 Å². The second kappa shape index (κ2) is 8.77. The van der Waals surface area contributed by atoms with Gasteiger partial charge in [0.25, 0.3) is 5.91 Å². The van der Waals surface area contributed by atoms with Crippen LogP contribution in [-0.4, -0.2) is 25.1 Å². The summed E-state index contributed by atoms with van der Waals surface area (Å²) >= 11 is 5.98. The molecule has 0 atom stereocenters. The first-order valence-corrected chi connectivity index (χ1v) is 8.04. The Bertz CT molecular complexity index is 840. The molecule has 0 spiro atoms. The van der Waals surface area contributed by atoms with Gasteiger partial charge in [0, 0.05) is 0 Å². The molecule has 1 amide bonds. The lowest BCUT2D eigenvalue weighted by molar-refractivity contribution is -0.149. The maximum Gasteiger partial charge on any atom is 0.416 e. The summed E-state index contributed by atoms with van der Waals surface area (Å²) in [5, 5.41) is 2.81. The number of hydrogen-bond acceptors (Lipinski definition) is 4. The molecule has 144 valence electrons. The predicted octanol–water partition coefficient (Wildman–Crippen LogP) is 4.23. The van der Waals surface area contributed by atoms with E-state index in [2.05, 4.69) is 5.32 Å². The number of anilines is 1. The standard InChI is InChI=1S/C18H15ClF3NO4/c1-11-5-6-15(14(19)7-11)23-16(24)9-27-17(25)10-26-13-4-2-3-12(8-13)18(20,21)22/h2-8H,9-10H2,1H3,(H,23,24). The first-order valence-electron chi connectivity index (χ1n) is 7.67. The molecule has 0 aromatic heterocycles. The largest absolute Gasteiger partial charge is 0.482 e. The van der Waals surface area contributed by atoms with Crippen LogP contribution in [0.5, 0.6) is 5.75 Å². The highest BCUT2D eigenvalue weighted by molar-refractivity contribution is 6.33. The molecule has 5 nitrogen and oxygen atoms in total. The summed E-state index contributed by atoms with van der Waals surface area (Å²) in [5.41, 5.74) is 0.377. The van der Waals surface area contributed by atoms with Crippen molar-refractivity contribution in [3.8, 4) is 5.75 Å². The van der Waals surface area contributed by atoms with Crippen LogP contribution in [0.2, 0.25) is 5.02 Å². The number of carbonyl (C=O) groups excluding carboxylic acids is 2. The highest BCUT2D eigenvalue weighted by Crippen LogP contribution is 2.31. The summed E-state index contributed by atoms with van der Waals surface area (Å²) in [7, 11) is 0. The third-order valence-electron chi connectivity index (χ3n) is 3.28. The summed E-state index contributed by atoms with van der Waals surface area (Å²) in [6.45, 7) is 0.610. The molecule has 0 saturated heterocycles. The van der Waals surface area contributed by atoms with E-state index in [1.54, 1.807) is 18.2 Å². The van der Waals surface area contributed by atoms with Crippen molar-refractivity contribution in [1.82, 2.24) is 0 Å². The van der Waals surface area contributed by atoms with Crippen molar-refractivity contribution in [2.75, 3.05) is 18.5 Å². The van der Waals surface area contributed by atoms with Gasteiger partial charge in [0.15, 0.2) is 13.2 Å². The van der Waals surface area contributed by atoms with Crippen molar-refractivity contribution in [3.63, 3.8) is 0 Å². The van der Waals surface area contributed by atoms with Crippen LogP contribution >= 0.6 is 11.6 Å². The molecule has 0 heterocycles. The second-order valence-corrected chi connectivity index (χ2v) is 5.91. The molecule has 0 bridgehead atoms. The molecule has 0 saturated carbocycles. The van der Waals surface area contributed by atoms with Crippen LogP contribution in [0.1, 0.15) is 11.1 Å². The fourth-order valence-corrected chi connectivity index (χ4v) is 2.28. The SMILES string of the molecule is Cc1ccc(NC(=O)COC(=O)COc2cccc(C(F)(F)F)c2)c(Cl)c1. The molecule has 0 radical (unpaired) electrons. The molecule has 2 aromatic rings. The summed E-state index contributed by atoms with van der Waals surface area (Å²) in [6.07, 6.45) is -4.52. The molecule has 0 fully saturated rings. The maximum atomic E-state index is 12.6. The lowest BCUT2D eigenvalue weighted by Gasteiger charge is -2.11. The Labute approximate surface area is 158 Å². The minimum Gasteiger partial charge on any atom is -0.482 e. The maximum absolute atomic E-state index is 12.6. The summed E-state index contributed by atoms with van der Waals surface area (Å²) in [6, 6.07) is 9.08. The number of rotatable bonds is 6.